The van der Waals surface area contributed by atoms with Crippen LogP contribution in [0, 0.1) is 6.92 Å². The predicted octanol–water partition coefficient (Wildman–Crippen LogP) is 4.94. The van der Waals surface area contributed by atoms with Crippen LogP contribution in [0.3, 0.4) is 0 Å². The van der Waals surface area contributed by atoms with Crippen molar-refractivity contribution in [1.29, 1.82) is 0 Å². The van der Waals surface area contributed by atoms with E-state index in [4.69, 9.17) is 27.1 Å². The van der Waals surface area contributed by atoms with Crippen LogP contribution in [-0.2, 0) is 6.54 Å². The van der Waals surface area contributed by atoms with Crippen LogP contribution in [0.2, 0.25) is 5.02 Å². The van der Waals surface area contributed by atoms with Crippen molar-refractivity contribution in [1.82, 2.24) is 14.5 Å². The Kier molecular flexibility index (Phi) is 5.39. The van der Waals surface area contributed by atoms with Crippen LogP contribution in [0.1, 0.15) is 25.8 Å². The summed E-state index contributed by atoms with van der Waals surface area (Å²) in [7, 11) is 0. The first kappa shape index (κ1) is 17.9. The Morgan fingerprint density at radius 3 is 2.84 bits per heavy atom. The molecule has 0 spiro atoms. The van der Waals surface area contributed by atoms with Crippen LogP contribution in [0.4, 0.5) is 5.82 Å². The van der Waals surface area contributed by atoms with Crippen LogP contribution < -0.4 is 10.5 Å². The van der Waals surface area contributed by atoms with Gasteiger partial charge in [-0.05, 0) is 55.8 Å². The van der Waals surface area contributed by atoms with Crippen LogP contribution in [-0.4, -0.2) is 21.1 Å². The molecule has 132 valence electrons. The van der Waals surface area contributed by atoms with E-state index < -0.39 is 0 Å². The number of benzene rings is 1. The normalized spacial score (nSPS) is 11.2. The summed E-state index contributed by atoms with van der Waals surface area (Å²) in [4.78, 5) is 9.76. The summed E-state index contributed by atoms with van der Waals surface area (Å²) in [5, 5.41) is 1.54. The second-order valence-corrected chi connectivity index (χ2v) is 7.11. The van der Waals surface area contributed by atoms with Gasteiger partial charge in [-0.1, -0.05) is 18.5 Å². The van der Waals surface area contributed by atoms with Crippen molar-refractivity contribution >= 4 is 40.2 Å². The zero-order chi connectivity index (χ0) is 18.0. The summed E-state index contributed by atoms with van der Waals surface area (Å²) in [5.41, 5.74) is 8.74. The molecule has 0 saturated carbocycles. The van der Waals surface area contributed by atoms with Gasteiger partial charge in [0.1, 0.15) is 11.3 Å². The number of fused-ring (bicyclic) bond motifs is 1. The fourth-order valence-corrected chi connectivity index (χ4v) is 3.98. The molecule has 0 saturated heterocycles. The van der Waals surface area contributed by atoms with E-state index in [1.165, 1.54) is 11.8 Å². The quantitative estimate of drug-likeness (QED) is 0.660. The number of rotatable bonds is 6. The molecular weight excluding hydrogens is 356 g/mol. The van der Waals surface area contributed by atoms with Gasteiger partial charge < -0.3 is 15.0 Å². The van der Waals surface area contributed by atoms with Gasteiger partial charge in [-0.2, -0.15) is 0 Å². The van der Waals surface area contributed by atoms with Crippen LogP contribution in [0.15, 0.2) is 34.4 Å². The molecule has 1 aromatic carbocycles. The van der Waals surface area contributed by atoms with Crippen molar-refractivity contribution in [3.63, 3.8) is 0 Å². The highest BCUT2D eigenvalue weighted by molar-refractivity contribution is 7.99. The Bertz CT molecular complexity index is 910. The van der Waals surface area contributed by atoms with Crippen molar-refractivity contribution in [2.24, 2.45) is 0 Å². The molecule has 0 fully saturated rings. The minimum atomic E-state index is 0.444. The first-order valence-electron chi connectivity index (χ1n) is 8.26. The molecule has 7 heteroatoms. The summed E-state index contributed by atoms with van der Waals surface area (Å²) < 4.78 is 7.86. The molecule has 2 heterocycles. The maximum atomic E-state index is 6.46. The van der Waals surface area contributed by atoms with E-state index in [0.29, 0.717) is 17.4 Å². The number of aromatic nitrogens is 3. The zero-order valence-electron chi connectivity index (χ0n) is 14.5. The van der Waals surface area contributed by atoms with E-state index in [9.17, 15) is 0 Å². The highest BCUT2D eigenvalue weighted by Gasteiger charge is 2.16. The molecule has 0 aliphatic heterocycles. The molecule has 3 rings (SSSR count). The fraction of sp³-hybridized carbons (Fsp3) is 0.333. The average molecular weight is 377 g/mol. The molecule has 3 aromatic rings. The second kappa shape index (κ2) is 7.54. The highest BCUT2D eigenvalue weighted by atomic mass is 35.5. The Morgan fingerprint density at radius 2 is 2.12 bits per heavy atom. The summed E-state index contributed by atoms with van der Waals surface area (Å²) in [6, 6.07) is 5.85. The van der Waals surface area contributed by atoms with E-state index in [-0.39, 0.29) is 0 Å². The number of aryl methyl sites for hydroxylation is 2. The third-order valence-corrected chi connectivity index (χ3v) is 5.31. The summed E-state index contributed by atoms with van der Waals surface area (Å²) in [6.45, 7) is 7.56. The van der Waals surface area contributed by atoms with Gasteiger partial charge >= 0.3 is 0 Å². The average Bonchev–Trinajstić information content (AvgIpc) is 2.92. The maximum Gasteiger partial charge on any atom is 0.174 e. The van der Waals surface area contributed by atoms with Crippen LogP contribution in [0.25, 0.3) is 11.0 Å². The van der Waals surface area contributed by atoms with Gasteiger partial charge in [0.05, 0.1) is 17.1 Å². The van der Waals surface area contributed by atoms with Gasteiger partial charge in [-0.3, -0.25) is 0 Å². The number of ether oxygens (including phenoxy) is 1. The minimum absolute atomic E-state index is 0.444. The van der Waals surface area contributed by atoms with Crippen LogP contribution >= 0.6 is 23.4 Å². The lowest BCUT2D eigenvalue weighted by Gasteiger charge is -2.12. The molecule has 0 radical (unpaired) electrons. The SMILES string of the molecule is CCCn1c(Sc2cc(OCC)c(C)cc2Cl)nc2c(N)nccc21. The first-order valence-corrected chi connectivity index (χ1v) is 9.46. The van der Waals surface area contributed by atoms with Crippen molar-refractivity contribution in [2.75, 3.05) is 12.3 Å². The summed E-state index contributed by atoms with van der Waals surface area (Å²) in [6.07, 6.45) is 2.71. The molecule has 0 aliphatic carbocycles. The minimum Gasteiger partial charge on any atom is -0.494 e. The Balaban J connectivity index is 2.07. The van der Waals surface area contributed by atoms with E-state index in [1.54, 1.807) is 6.20 Å². The summed E-state index contributed by atoms with van der Waals surface area (Å²) >= 11 is 7.98. The lowest BCUT2D eigenvalue weighted by molar-refractivity contribution is 0.337. The number of hydrogen-bond acceptors (Lipinski definition) is 5. The summed E-state index contributed by atoms with van der Waals surface area (Å²) in [5.74, 6) is 1.29. The number of imidazole rings is 1. The van der Waals surface area contributed by atoms with E-state index in [2.05, 4.69) is 16.5 Å². The predicted molar refractivity (Wildman–Crippen MR) is 104 cm³/mol. The Hall–Kier alpha value is -1.92. The number of anilines is 1. The molecule has 0 bridgehead atoms. The molecule has 0 unspecified atom stereocenters. The van der Waals surface area contributed by atoms with Gasteiger partial charge in [0.25, 0.3) is 0 Å². The molecule has 5 nitrogen and oxygen atoms in total. The van der Waals surface area contributed by atoms with Gasteiger partial charge in [0.15, 0.2) is 11.0 Å². The smallest absolute Gasteiger partial charge is 0.174 e. The van der Waals surface area contributed by atoms with Crippen molar-refractivity contribution in [3.05, 3.63) is 35.0 Å². The molecular formula is C18H21ClN4OS. The number of pyridine rings is 1. The third kappa shape index (κ3) is 3.55. The number of hydrogen-bond donors (Lipinski definition) is 1. The van der Waals surface area contributed by atoms with Gasteiger partial charge in [-0.15, -0.1) is 0 Å². The molecule has 2 N–H and O–H groups in total. The molecule has 0 amide bonds. The number of nitrogens with zero attached hydrogens (tertiary/aromatic N) is 3. The highest BCUT2D eigenvalue weighted by Crippen LogP contribution is 2.38. The Morgan fingerprint density at radius 1 is 1.32 bits per heavy atom. The Labute approximate surface area is 156 Å². The van der Waals surface area contributed by atoms with E-state index in [0.717, 1.165) is 45.4 Å². The molecule has 0 aliphatic rings. The molecule has 2 aromatic heterocycles. The van der Waals surface area contributed by atoms with Gasteiger partial charge in [0, 0.05) is 17.6 Å². The lowest BCUT2D eigenvalue weighted by Crippen LogP contribution is -1.99. The van der Waals surface area contributed by atoms with E-state index >= 15 is 0 Å². The van der Waals surface area contributed by atoms with E-state index in [1.807, 2.05) is 32.0 Å². The third-order valence-electron chi connectivity index (χ3n) is 3.84. The van der Waals surface area contributed by atoms with Crippen molar-refractivity contribution in [2.45, 2.75) is 43.8 Å². The van der Waals surface area contributed by atoms with Crippen molar-refractivity contribution in [3.8, 4) is 5.75 Å². The zero-order valence-corrected chi connectivity index (χ0v) is 16.1. The standard InChI is InChI=1S/C18H21ClN4OS/c1-4-8-23-13-6-7-21-17(20)16(13)22-18(23)25-15-10-14(24-5-2)11(3)9-12(15)19/h6-7,9-10H,4-5,8H2,1-3H3,(H2,20,21). The monoisotopic (exact) mass is 376 g/mol. The van der Waals surface area contributed by atoms with Gasteiger partial charge in [0.2, 0.25) is 0 Å². The molecule has 25 heavy (non-hydrogen) atoms. The maximum absolute atomic E-state index is 6.46. The number of nitrogens with two attached hydrogens (primary N) is 1. The molecule has 0 atom stereocenters. The fourth-order valence-electron chi connectivity index (χ4n) is 2.69. The first-order chi connectivity index (χ1) is 12.0. The van der Waals surface area contributed by atoms with Gasteiger partial charge in [-0.25, -0.2) is 9.97 Å². The topological polar surface area (TPSA) is 66.0 Å². The second-order valence-electron chi connectivity index (χ2n) is 5.69. The number of nitrogen functional groups attached to an aromatic ring is 1. The number of halogens is 1. The van der Waals surface area contributed by atoms with Crippen LogP contribution in [0.5, 0.6) is 5.75 Å². The lowest BCUT2D eigenvalue weighted by atomic mass is 10.2. The van der Waals surface area contributed by atoms with Crippen molar-refractivity contribution < 1.29 is 4.74 Å². The largest absolute Gasteiger partial charge is 0.494 e.